The normalized spacial score (nSPS) is 11.4. The smallest absolute Gasteiger partial charge is 0.261 e. The second-order valence-corrected chi connectivity index (χ2v) is 7.02. The van der Waals surface area contributed by atoms with Crippen LogP contribution in [0.2, 0.25) is 0 Å². The Morgan fingerprint density at radius 2 is 1.65 bits per heavy atom. The Labute approximate surface area is 135 Å². The molecular formula is C17H17N3O2S. The number of nitrogens with zero attached hydrogens (tertiary/aromatic N) is 2. The Bertz CT molecular complexity index is 928. The molecule has 6 heteroatoms. The van der Waals surface area contributed by atoms with Crippen molar-refractivity contribution in [3.05, 3.63) is 72.1 Å². The summed E-state index contributed by atoms with van der Waals surface area (Å²) in [6.45, 7) is 3.80. The third-order valence-electron chi connectivity index (χ3n) is 3.45. The molecule has 0 aliphatic heterocycles. The molecule has 2 aromatic carbocycles. The van der Waals surface area contributed by atoms with Gasteiger partial charge in [0.05, 0.1) is 22.0 Å². The Morgan fingerprint density at radius 3 is 2.30 bits per heavy atom. The number of nitrogens with one attached hydrogen (secondary N) is 1. The van der Waals surface area contributed by atoms with E-state index in [9.17, 15) is 8.42 Å². The molecular weight excluding hydrogens is 310 g/mol. The number of aromatic nitrogens is 2. The minimum atomic E-state index is -3.64. The van der Waals surface area contributed by atoms with Crippen LogP contribution in [-0.4, -0.2) is 18.2 Å². The van der Waals surface area contributed by atoms with Crippen LogP contribution in [0.25, 0.3) is 5.69 Å². The Balaban J connectivity index is 1.98. The topological polar surface area (TPSA) is 64.0 Å². The molecule has 0 spiro atoms. The van der Waals surface area contributed by atoms with Gasteiger partial charge in [0.1, 0.15) is 0 Å². The lowest BCUT2D eigenvalue weighted by Gasteiger charge is -2.12. The van der Waals surface area contributed by atoms with Crippen molar-refractivity contribution in [1.82, 2.24) is 9.78 Å². The van der Waals surface area contributed by atoms with E-state index >= 15 is 0 Å². The second-order valence-electron chi connectivity index (χ2n) is 5.34. The predicted molar refractivity (Wildman–Crippen MR) is 90.3 cm³/mol. The van der Waals surface area contributed by atoms with Gasteiger partial charge in [-0.25, -0.2) is 13.1 Å². The predicted octanol–water partition coefficient (Wildman–Crippen LogP) is 3.29. The largest absolute Gasteiger partial charge is 0.277 e. The molecule has 118 valence electrons. The number of rotatable bonds is 4. The maximum Gasteiger partial charge on any atom is 0.261 e. The molecule has 3 rings (SSSR count). The van der Waals surface area contributed by atoms with Crippen LogP contribution in [0.3, 0.4) is 0 Å². The number of anilines is 1. The number of benzene rings is 2. The Kier molecular flexibility index (Phi) is 3.92. The molecule has 0 aliphatic rings. The van der Waals surface area contributed by atoms with Crippen LogP contribution in [0.1, 0.15) is 11.3 Å². The van der Waals surface area contributed by atoms with E-state index in [2.05, 4.69) is 9.82 Å². The summed E-state index contributed by atoms with van der Waals surface area (Å²) >= 11 is 0. The second kappa shape index (κ2) is 5.89. The van der Waals surface area contributed by atoms with Crippen LogP contribution in [0, 0.1) is 13.8 Å². The number of hydrogen-bond donors (Lipinski definition) is 1. The van der Waals surface area contributed by atoms with Crippen LogP contribution < -0.4 is 4.72 Å². The van der Waals surface area contributed by atoms with Gasteiger partial charge < -0.3 is 0 Å². The fraction of sp³-hybridized carbons (Fsp3) is 0.118. The lowest BCUT2D eigenvalue weighted by molar-refractivity contribution is 0.601. The van der Waals surface area contributed by atoms with E-state index in [1.54, 1.807) is 47.3 Å². The molecule has 0 unspecified atom stereocenters. The monoisotopic (exact) mass is 327 g/mol. The van der Waals surface area contributed by atoms with Gasteiger partial charge in [-0.05, 0) is 44.2 Å². The quantitative estimate of drug-likeness (QED) is 0.800. The van der Waals surface area contributed by atoms with Gasteiger partial charge in [-0.15, -0.1) is 0 Å². The number of hydrogen-bond acceptors (Lipinski definition) is 3. The van der Waals surface area contributed by atoms with Crippen molar-refractivity contribution >= 4 is 15.7 Å². The van der Waals surface area contributed by atoms with Crippen LogP contribution in [-0.2, 0) is 10.0 Å². The molecule has 1 aromatic heterocycles. The summed E-state index contributed by atoms with van der Waals surface area (Å²) in [5.74, 6) is 0. The lowest BCUT2D eigenvalue weighted by atomic mass is 10.2. The van der Waals surface area contributed by atoms with Crippen molar-refractivity contribution in [2.24, 2.45) is 0 Å². The first kappa shape index (κ1) is 15.3. The summed E-state index contributed by atoms with van der Waals surface area (Å²) in [4.78, 5) is 0.231. The van der Waals surface area contributed by atoms with Gasteiger partial charge in [0, 0.05) is 6.20 Å². The zero-order chi connectivity index (χ0) is 16.4. The van der Waals surface area contributed by atoms with E-state index in [0.717, 1.165) is 11.3 Å². The molecule has 3 aromatic rings. The van der Waals surface area contributed by atoms with E-state index in [-0.39, 0.29) is 4.90 Å². The van der Waals surface area contributed by atoms with Gasteiger partial charge in [-0.1, -0.05) is 29.8 Å². The van der Waals surface area contributed by atoms with Crippen molar-refractivity contribution in [2.75, 3.05) is 4.72 Å². The average molecular weight is 327 g/mol. The zero-order valence-corrected chi connectivity index (χ0v) is 13.7. The van der Waals surface area contributed by atoms with Gasteiger partial charge >= 0.3 is 0 Å². The summed E-state index contributed by atoms with van der Waals surface area (Å²) < 4.78 is 29.4. The van der Waals surface area contributed by atoms with Gasteiger partial charge in [-0.2, -0.15) is 5.10 Å². The first-order valence-corrected chi connectivity index (χ1v) is 8.65. The molecule has 0 fully saturated rings. The number of para-hydroxylation sites is 2. The van der Waals surface area contributed by atoms with E-state index < -0.39 is 10.0 Å². The first-order chi connectivity index (χ1) is 11.0. The van der Waals surface area contributed by atoms with E-state index in [4.69, 9.17) is 0 Å². The van der Waals surface area contributed by atoms with Crippen molar-refractivity contribution in [2.45, 2.75) is 18.7 Å². The van der Waals surface area contributed by atoms with Gasteiger partial charge in [0.15, 0.2) is 0 Å². The van der Waals surface area contributed by atoms with Crippen molar-refractivity contribution in [1.29, 1.82) is 0 Å². The molecule has 0 amide bonds. The van der Waals surface area contributed by atoms with Crippen LogP contribution in [0.15, 0.2) is 65.7 Å². The molecule has 5 nitrogen and oxygen atoms in total. The van der Waals surface area contributed by atoms with Gasteiger partial charge in [-0.3, -0.25) is 4.72 Å². The minimum absolute atomic E-state index is 0.231. The van der Waals surface area contributed by atoms with Crippen LogP contribution in [0.4, 0.5) is 5.69 Å². The average Bonchev–Trinajstić information content (AvgIpc) is 2.94. The van der Waals surface area contributed by atoms with E-state index in [1.165, 1.54) is 0 Å². The molecule has 0 radical (unpaired) electrons. The molecule has 0 bridgehead atoms. The summed E-state index contributed by atoms with van der Waals surface area (Å²) in [6, 6.07) is 15.8. The summed E-state index contributed by atoms with van der Waals surface area (Å²) in [6.07, 6.45) is 1.80. The molecule has 0 saturated carbocycles. The highest BCUT2D eigenvalue weighted by Gasteiger charge is 2.16. The fourth-order valence-corrected chi connectivity index (χ4v) is 3.30. The maximum absolute atomic E-state index is 12.6. The molecule has 0 saturated heterocycles. The molecule has 0 aliphatic carbocycles. The summed E-state index contributed by atoms with van der Waals surface area (Å²) in [5.41, 5.74) is 3.03. The standard InChI is InChI=1S/C17H17N3O2S/c1-13-7-9-15(10-8-13)23(21,22)19-16-5-3-4-6-17(16)20-12-11-14(2)18-20/h3-12,19H,1-2H3. The van der Waals surface area contributed by atoms with Crippen LogP contribution >= 0.6 is 0 Å². The van der Waals surface area contributed by atoms with Gasteiger partial charge in [0.25, 0.3) is 10.0 Å². The van der Waals surface area contributed by atoms with Gasteiger partial charge in [0.2, 0.25) is 0 Å². The van der Waals surface area contributed by atoms with Crippen molar-refractivity contribution in [3.8, 4) is 5.69 Å². The SMILES string of the molecule is Cc1ccc(S(=O)(=O)Nc2ccccc2-n2ccc(C)n2)cc1. The van der Waals surface area contributed by atoms with Crippen molar-refractivity contribution in [3.63, 3.8) is 0 Å². The van der Waals surface area contributed by atoms with Crippen molar-refractivity contribution < 1.29 is 8.42 Å². The third kappa shape index (κ3) is 3.27. The Morgan fingerprint density at radius 1 is 0.957 bits per heavy atom. The number of aryl methyl sites for hydroxylation is 2. The lowest BCUT2D eigenvalue weighted by Crippen LogP contribution is -2.14. The summed E-state index contributed by atoms with van der Waals surface area (Å²) in [7, 11) is -3.64. The summed E-state index contributed by atoms with van der Waals surface area (Å²) in [5, 5.41) is 4.34. The third-order valence-corrected chi connectivity index (χ3v) is 4.83. The highest BCUT2D eigenvalue weighted by molar-refractivity contribution is 7.92. The van der Waals surface area contributed by atoms with E-state index in [0.29, 0.717) is 11.4 Å². The highest BCUT2D eigenvalue weighted by Crippen LogP contribution is 2.23. The molecule has 1 heterocycles. The fourth-order valence-electron chi connectivity index (χ4n) is 2.23. The molecule has 1 N–H and O–H groups in total. The van der Waals surface area contributed by atoms with E-state index in [1.807, 2.05) is 32.0 Å². The molecule has 0 atom stereocenters. The number of sulfonamides is 1. The van der Waals surface area contributed by atoms with Crippen LogP contribution in [0.5, 0.6) is 0 Å². The molecule has 23 heavy (non-hydrogen) atoms. The Hall–Kier alpha value is -2.60. The zero-order valence-electron chi connectivity index (χ0n) is 12.9. The minimum Gasteiger partial charge on any atom is -0.277 e. The first-order valence-electron chi connectivity index (χ1n) is 7.17. The highest BCUT2D eigenvalue weighted by atomic mass is 32.2. The maximum atomic E-state index is 12.6.